The molecule has 0 amide bonds. The van der Waals surface area contributed by atoms with Crippen molar-refractivity contribution in [1.82, 2.24) is 0 Å². The highest BCUT2D eigenvalue weighted by Gasteiger charge is 2.46. The standard InChI is InChI=1S/C34H40N2O2.C2H6.H2/c1-2-38-34(37)28-15-16-31(35-33-29-17-26-13-14-27(19-29)20-30(33)18-26)32(21-28)36(22-24-9-5-3-6-10-24)23-25-11-7-4-8-12-25;1-2;/h3-12,15-16,21,26-27,29-30,33,35H,2,13-14,17-20,22-23H2,1H3;1-2H3;1H. The van der Waals surface area contributed by atoms with E-state index < -0.39 is 0 Å². The molecule has 4 saturated carbocycles. The highest BCUT2D eigenvalue weighted by Crippen LogP contribution is 2.52. The number of fused-ring (bicyclic) bond motifs is 1. The molecule has 0 radical (unpaired) electrons. The van der Waals surface area contributed by atoms with Crippen LogP contribution in [0.25, 0.3) is 0 Å². The van der Waals surface area contributed by atoms with E-state index in [4.69, 9.17) is 4.74 Å². The molecule has 4 heteroatoms. The van der Waals surface area contributed by atoms with Crippen LogP contribution in [0.1, 0.15) is 82.2 Å². The van der Waals surface area contributed by atoms with Gasteiger partial charge in [-0.25, -0.2) is 4.79 Å². The molecule has 3 aromatic rings. The van der Waals surface area contributed by atoms with Crippen molar-refractivity contribution in [3.8, 4) is 0 Å². The van der Waals surface area contributed by atoms with Gasteiger partial charge >= 0.3 is 5.97 Å². The van der Waals surface area contributed by atoms with Crippen molar-refractivity contribution >= 4 is 17.3 Å². The maximum atomic E-state index is 12.8. The number of carbonyl (C=O) groups excluding carboxylic acids is 1. The zero-order valence-corrected chi connectivity index (χ0v) is 24.5. The minimum Gasteiger partial charge on any atom is -0.462 e. The molecule has 0 aromatic heterocycles. The Kier molecular flexibility index (Phi) is 9.46. The third-order valence-corrected chi connectivity index (χ3v) is 9.15. The quantitative estimate of drug-likeness (QED) is 0.275. The van der Waals surface area contributed by atoms with E-state index in [-0.39, 0.29) is 7.40 Å². The zero-order chi connectivity index (χ0) is 27.9. The summed E-state index contributed by atoms with van der Waals surface area (Å²) in [6, 6.07) is 27.9. The SMILES string of the molecule is CC.CCOC(=O)c1ccc(NC2C3CC4CCC(C3)CC2C4)c(N(Cc2ccccc2)Cc2ccccc2)c1.[HH]. The molecule has 7 rings (SSSR count). The number of ether oxygens (including phenoxy) is 1. The summed E-state index contributed by atoms with van der Waals surface area (Å²) in [7, 11) is 0. The van der Waals surface area contributed by atoms with E-state index in [2.05, 4.69) is 83.0 Å². The van der Waals surface area contributed by atoms with Crippen molar-refractivity contribution in [3.05, 3.63) is 95.6 Å². The lowest BCUT2D eigenvalue weighted by atomic mass is 9.64. The van der Waals surface area contributed by atoms with Gasteiger partial charge in [-0.05, 0) is 85.6 Å². The fourth-order valence-electron chi connectivity index (χ4n) is 7.52. The Bertz CT molecular complexity index is 1160. The van der Waals surface area contributed by atoms with Gasteiger partial charge < -0.3 is 15.0 Å². The first kappa shape index (κ1) is 28.3. The molecule has 0 aliphatic heterocycles. The Labute approximate surface area is 242 Å². The highest BCUT2D eigenvalue weighted by molar-refractivity contribution is 5.92. The Morgan fingerprint density at radius 3 is 1.85 bits per heavy atom. The summed E-state index contributed by atoms with van der Waals surface area (Å²) < 4.78 is 5.40. The minimum atomic E-state index is -0.259. The first-order valence-electron chi connectivity index (χ1n) is 15.6. The van der Waals surface area contributed by atoms with Crippen molar-refractivity contribution in [2.75, 3.05) is 16.8 Å². The maximum absolute atomic E-state index is 12.8. The lowest BCUT2D eigenvalue weighted by molar-refractivity contribution is 0.0526. The fraction of sp³-hybridized carbons (Fsp3) is 0.472. The van der Waals surface area contributed by atoms with Gasteiger partial charge in [0, 0.05) is 20.6 Å². The molecule has 4 nitrogen and oxygen atoms in total. The van der Waals surface area contributed by atoms with E-state index in [1.807, 2.05) is 26.8 Å². The van der Waals surface area contributed by atoms with Crippen molar-refractivity contribution in [2.45, 2.75) is 78.4 Å². The van der Waals surface area contributed by atoms with E-state index in [1.54, 1.807) is 0 Å². The second-order valence-electron chi connectivity index (χ2n) is 11.7. The molecule has 0 unspecified atom stereocenters. The average molecular weight is 541 g/mol. The molecule has 3 aromatic carbocycles. The van der Waals surface area contributed by atoms with Crippen molar-refractivity contribution in [1.29, 1.82) is 0 Å². The number of carbonyl (C=O) groups is 1. The van der Waals surface area contributed by atoms with Crippen LogP contribution in [0.4, 0.5) is 11.4 Å². The fourth-order valence-corrected chi connectivity index (χ4v) is 7.52. The predicted molar refractivity (Wildman–Crippen MR) is 168 cm³/mol. The van der Waals surface area contributed by atoms with Gasteiger partial charge in [0.25, 0.3) is 0 Å². The average Bonchev–Trinajstić information content (AvgIpc) is 3.26. The normalized spacial score (nSPS) is 24.4. The summed E-state index contributed by atoms with van der Waals surface area (Å²) in [5.74, 6) is 3.11. The molecule has 4 aliphatic rings. The lowest BCUT2D eigenvalue weighted by Crippen LogP contribution is -2.46. The molecule has 0 heterocycles. The molecular weight excluding hydrogens is 492 g/mol. The first-order valence-corrected chi connectivity index (χ1v) is 15.6. The van der Waals surface area contributed by atoms with E-state index in [1.165, 1.54) is 49.7 Å². The second kappa shape index (κ2) is 13.4. The summed E-state index contributed by atoms with van der Waals surface area (Å²) in [5.41, 5.74) is 5.33. The Balaban J connectivity index is 0.00000126. The number of rotatable bonds is 9. The van der Waals surface area contributed by atoms with Crippen molar-refractivity contribution < 1.29 is 11.0 Å². The number of nitrogens with one attached hydrogen (secondary N) is 1. The van der Waals surface area contributed by atoms with Crippen LogP contribution in [0.15, 0.2) is 78.9 Å². The number of esters is 1. The maximum Gasteiger partial charge on any atom is 0.338 e. The van der Waals surface area contributed by atoms with Crippen molar-refractivity contribution in [3.63, 3.8) is 0 Å². The van der Waals surface area contributed by atoms with Crippen LogP contribution in [0.5, 0.6) is 0 Å². The monoisotopic (exact) mass is 540 g/mol. The molecule has 4 bridgehead atoms. The van der Waals surface area contributed by atoms with Crippen LogP contribution in [0.2, 0.25) is 0 Å². The summed E-state index contributed by atoms with van der Waals surface area (Å²) in [6.45, 7) is 7.76. The largest absolute Gasteiger partial charge is 0.462 e. The number of hydrogen-bond acceptors (Lipinski definition) is 4. The third-order valence-electron chi connectivity index (χ3n) is 9.15. The Morgan fingerprint density at radius 1 is 0.825 bits per heavy atom. The van der Waals surface area contributed by atoms with Gasteiger partial charge in [0.1, 0.15) is 0 Å². The van der Waals surface area contributed by atoms with E-state index in [9.17, 15) is 4.79 Å². The number of nitrogens with zero attached hydrogens (tertiary/aromatic N) is 1. The molecule has 40 heavy (non-hydrogen) atoms. The Hall–Kier alpha value is -3.27. The molecule has 4 fully saturated rings. The predicted octanol–water partition coefficient (Wildman–Crippen LogP) is 8.97. The van der Waals surface area contributed by atoms with Gasteiger partial charge in [-0.15, -0.1) is 0 Å². The van der Waals surface area contributed by atoms with Gasteiger partial charge in [-0.1, -0.05) is 87.4 Å². The van der Waals surface area contributed by atoms with Gasteiger partial charge in [0.05, 0.1) is 23.5 Å². The van der Waals surface area contributed by atoms with Crippen LogP contribution < -0.4 is 10.2 Å². The number of hydrogen-bond donors (Lipinski definition) is 1. The first-order chi connectivity index (χ1) is 19.7. The Morgan fingerprint density at radius 2 is 1.35 bits per heavy atom. The van der Waals surface area contributed by atoms with E-state index >= 15 is 0 Å². The van der Waals surface area contributed by atoms with Crippen molar-refractivity contribution in [2.24, 2.45) is 23.7 Å². The van der Waals surface area contributed by atoms with Crippen LogP contribution in [0.3, 0.4) is 0 Å². The second-order valence-corrected chi connectivity index (χ2v) is 11.7. The molecule has 0 spiro atoms. The topological polar surface area (TPSA) is 41.6 Å². The van der Waals surface area contributed by atoms with E-state index in [0.717, 1.165) is 48.1 Å². The third kappa shape index (κ3) is 6.54. The van der Waals surface area contributed by atoms with Gasteiger partial charge in [0.15, 0.2) is 0 Å². The molecule has 0 atom stereocenters. The van der Waals surface area contributed by atoms with Gasteiger partial charge in [-0.3, -0.25) is 0 Å². The summed E-state index contributed by atoms with van der Waals surface area (Å²) in [6.07, 6.45) is 8.37. The lowest BCUT2D eigenvalue weighted by Gasteiger charge is -2.46. The summed E-state index contributed by atoms with van der Waals surface area (Å²) in [5, 5.41) is 4.08. The number of anilines is 2. The van der Waals surface area contributed by atoms with Crippen LogP contribution >= 0.6 is 0 Å². The summed E-state index contributed by atoms with van der Waals surface area (Å²) >= 11 is 0. The molecule has 4 aliphatic carbocycles. The zero-order valence-electron chi connectivity index (χ0n) is 24.5. The van der Waals surface area contributed by atoms with Crippen LogP contribution in [0, 0.1) is 23.7 Å². The van der Waals surface area contributed by atoms with Crippen LogP contribution in [-0.2, 0) is 17.8 Å². The van der Waals surface area contributed by atoms with Gasteiger partial charge in [-0.2, -0.15) is 0 Å². The number of benzene rings is 3. The highest BCUT2D eigenvalue weighted by atomic mass is 16.5. The smallest absolute Gasteiger partial charge is 0.338 e. The summed E-state index contributed by atoms with van der Waals surface area (Å²) in [4.78, 5) is 15.2. The molecular formula is C36H48N2O2. The minimum absolute atomic E-state index is 0. The van der Waals surface area contributed by atoms with Gasteiger partial charge in [0.2, 0.25) is 0 Å². The molecule has 0 saturated heterocycles. The molecule has 214 valence electrons. The molecule has 1 N–H and O–H groups in total. The van der Waals surface area contributed by atoms with Crippen LogP contribution in [-0.4, -0.2) is 18.6 Å². The van der Waals surface area contributed by atoms with E-state index in [0.29, 0.717) is 18.2 Å².